The molecule has 20 heavy (non-hydrogen) atoms. The Morgan fingerprint density at radius 3 is 2.85 bits per heavy atom. The van der Waals surface area contributed by atoms with Crippen molar-refractivity contribution in [3.63, 3.8) is 0 Å². The summed E-state index contributed by atoms with van der Waals surface area (Å²) in [7, 11) is 1.43. The van der Waals surface area contributed by atoms with E-state index in [2.05, 4.69) is 25.2 Å². The maximum absolute atomic E-state index is 11.2. The van der Waals surface area contributed by atoms with Crippen LogP contribution in [0.3, 0.4) is 0 Å². The minimum atomic E-state index is -0.166. The van der Waals surface area contributed by atoms with Crippen LogP contribution in [0.2, 0.25) is 0 Å². The third-order valence-corrected chi connectivity index (χ3v) is 5.59. The number of hydrogen-bond donors (Lipinski definition) is 1. The normalized spacial score (nSPS) is 26.4. The molecule has 1 N–H and O–H groups in total. The lowest BCUT2D eigenvalue weighted by Gasteiger charge is -2.34. The molecule has 0 radical (unpaired) electrons. The Morgan fingerprint density at radius 2 is 2.10 bits per heavy atom. The summed E-state index contributed by atoms with van der Waals surface area (Å²) in [5, 5.41) is 3.69. The smallest absolute Gasteiger partial charge is 0.310 e. The molecule has 3 nitrogen and oxygen atoms in total. The average Bonchev–Trinajstić information content (AvgIpc) is 2.88. The van der Waals surface area contributed by atoms with Gasteiger partial charge in [-0.05, 0) is 30.4 Å². The van der Waals surface area contributed by atoms with Crippen molar-refractivity contribution in [2.45, 2.75) is 52.1 Å². The Balaban J connectivity index is 1.83. The second-order valence-electron chi connectivity index (χ2n) is 5.88. The van der Waals surface area contributed by atoms with Gasteiger partial charge in [-0.2, -0.15) is 0 Å². The Morgan fingerprint density at radius 1 is 1.35 bits per heavy atom. The first-order valence-corrected chi connectivity index (χ1v) is 8.29. The van der Waals surface area contributed by atoms with Crippen molar-refractivity contribution in [2.24, 2.45) is 11.8 Å². The molecule has 2 rings (SSSR count). The number of nitrogens with one attached hydrogen (secondary N) is 1. The molecule has 1 aromatic heterocycles. The van der Waals surface area contributed by atoms with Crippen molar-refractivity contribution in [1.82, 2.24) is 5.32 Å². The van der Waals surface area contributed by atoms with Crippen molar-refractivity contribution in [1.29, 1.82) is 0 Å². The number of thiophene rings is 1. The van der Waals surface area contributed by atoms with Crippen molar-refractivity contribution in [3.8, 4) is 0 Å². The lowest BCUT2D eigenvalue weighted by Crippen LogP contribution is -2.40. The number of carbonyl (C=O) groups excluding carboxylic acids is 1. The van der Waals surface area contributed by atoms with Gasteiger partial charge in [0, 0.05) is 22.3 Å². The van der Waals surface area contributed by atoms with E-state index in [0.717, 1.165) is 23.3 Å². The third kappa shape index (κ3) is 4.06. The molecular weight excluding hydrogens is 270 g/mol. The van der Waals surface area contributed by atoms with Gasteiger partial charge in [0.15, 0.2) is 0 Å². The molecule has 0 aromatic carbocycles. The lowest BCUT2D eigenvalue weighted by molar-refractivity contribution is -0.139. The number of ether oxygens (including phenoxy) is 1. The van der Waals surface area contributed by atoms with Crippen LogP contribution < -0.4 is 5.32 Å². The number of hydrogen-bond acceptors (Lipinski definition) is 4. The number of carbonyl (C=O) groups is 1. The molecule has 1 heterocycles. The quantitative estimate of drug-likeness (QED) is 0.846. The summed E-state index contributed by atoms with van der Waals surface area (Å²) < 4.78 is 4.70. The highest BCUT2D eigenvalue weighted by Crippen LogP contribution is 2.30. The molecule has 112 valence electrons. The van der Waals surface area contributed by atoms with Crippen LogP contribution in [-0.4, -0.2) is 19.1 Å². The summed E-state index contributed by atoms with van der Waals surface area (Å²) >= 11 is 1.70. The summed E-state index contributed by atoms with van der Waals surface area (Å²) in [6.45, 7) is 5.63. The van der Waals surface area contributed by atoms with Gasteiger partial charge in [-0.15, -0.1) is 11.3 Å². The van der Waals surface area contributed by atoms with E-state index in [-0.39, 0.29) is 5.97 Å². The molecular formula is C16H25NO2S. The van der Waals surface area contributed by atoms with Crippen LogP contribution in [-0.2, 0) is 22.5 Å². The molecule has 1 saturated carbocycles. The summed E-state index contributed by atoms with van der Waals surface area (Å²) in [4.78, 5) is 13.6. The highest BCUT2D eigenvalue weighted by atomic mass is 32.1. The third-order valence-electron chi connectivity index (χ3n) is 4.51. The van der Waals surface area contributed by atoms with Crippen LogP contribution in [0.4, 0.5) is 0 Å². The van der Waals surface area contributed by atoms with E-state index in [0.29, 0.717) is 12.5 Å². The van der Waals surface area contributed by atoms with E-state index in [1.807, 2.05) is 6.07 Å². The molecule has 1 fully saturated rings. The molecule has 1 aliphatic rings. The SMILES string of the molecule is COC(=O)Cc1ccc(CNC2CCCC(C)C2C)s1. The van der Waals surface area contributed by atoms with Gasteiger partial charge in [-0.3, -0.25) is 4.79 Å². The average molecular weight is 295 g/mol. The summed E-state index contributed by atoms with van der Waals surface area (Å²) in [5.74, 6) is 1.40. The van der Waals surface area contributed by atoms with Crippen LogP contribution in [0.25, 0.3) is 0 Å². The van der Waals surface area contributed by atoms with Crippen LogP contribution in [0.5, 0.6) is 0 Å². The van der Waals surface area contributed by atoms with E-state index in [1.54, 1.807) is 11.3 Å². The zero-order chi connectivity index (χ0) is 14.5. The Bertz CT molecular complexity index is 443. The largest absolute Gasteiger partial charge is 0.469 e. The monoisotopic (exact) mass is 295 g/mol. The summed E-state index contributed by atoms with van der Waals surface area (Å²) in [5.41, 5.74) is 0. The first-order chi connectivity index (χ1) is 9.60. The highest BCUT2D eigenvalue weighted by Gasteiger charge is 2.26. The van der Waals surface area contributed by atoms with Crippen LogP contribution >= 0.6 is 11.3 Å². The first-order valence-electron chi connectivity index (χ1n) is 7.48. The topological polar surface area (TPSA) is 38.3 Å². The van der Waals surface area contributed by atoms with Crippen LogP contribution in [0, 0.1) is 11.8 Å². The zero-order valence-corrected chi connectivity index (χ0v) is 13.5. The van der Waals surface area contributed by atoms with Gasteiger partial charge >= 0.3 is 5.97 Å². The van der Waals surface area contributed by atoms with Gasteiger partial charge in [0.2, 0.25) is 0 Å². The molecule has 3 atom stereocenters. The van der Waals surface area contributed by atoms with E-state index < -0.39 is 0 Å². The molecule has 1 aromatic rings. The molecule has 0 spiro atoms. The van der Waals surface area contributed by atoms with E-state index in [1.165, 1.54) is 31.2 Å². The van der Waals surface area contributed by atoms with Crippen LogP contribution in [0.15, 0.2) is 12.1 Å². The van der Waals surface area contributed by atoms with Gasteiger partial charge in [-0.25, -0.2) is 0 Å². The van der Waals surface area contributed by atoms with E-state index in [9.17, 15) is 4.79 Å². The van der Waals surface area contributed by atoms with Gasteiger partial charge < -0.3 is 10.1 Å². The predicted octanol–water partition coefficient (Wildman–Crippen LogP) is 3.38. The van der Waals surface area contributed by atoms with E-state index >= 15 is 0 Å². The van der Waals surface area contributed by atoms with Crippen molar-refractivity contribution >= 4 is 17.3 Å². The predicted molar refractivity (Wildman–Crippen MR) is 82.8 cm³/mol. The number of rotatable bonds is 5. The van der Waals surface area contributed by atoms with Crippen molar-refractivity contribution < 1.29 is 9.53 Å². The minimum Gasteiger partial charge on any atom is -0.469 e. The van der Waals surface area contributed by atoms with E-state index in [4.69, 9.17) is 4.74 Å². The standard InChI is InChI=1S/C16H25NO2S/c1-11-5-4-6-15(12(11)2)17-10-14-8-7-13(20-14)9-16(18)19-3/h7-8,11-12,15,17H,4-6,9-10H2,1-3H3. The number of esters is 1. The highest BCUT2D eigenvalue weighted by molar-refractivity contribution is 7.12. The molecule has 4 heteroatoms. The fourth-order valence-electron chi connectivity index (χ4n) is 2.93. The van der Waals surface area contributed by atoms with Crippen molar-refractivity contribution in [3.05, 3.63) is 21.9 Å². The molecule has 0 bridgehead atoms. The molecule has 1 aliphatic carbocycles. The molecule has 3 unspecified atom stereocenters. The maximum atomic E-state index is 11.2. The Kier molecular flexibility index (Phi) is 5.61. The first kappa shape index (κ1) is 15.5. The Hall–Kier alpha value is -0.870. The fourth-order valence-corrected chi connectivity index (χ4v) is 3.88. The van der Waals surface area contributed by atoms with Gasteiger partial charge in [-0.1, -0.05) is 26.7 Å². The summed E-state index contributed by atoms with van der Waals surface area (Å²) in [6.07, 6.45) is 4.37. The van der Waals surface area contributed by atoms with Crippen molar-refractivity contribution in [2.75, 3.05) is 7.11 Å². The molecule has 0 saturated heterocycles. The lowest BCUT2D eigenvalue weighted by atomic mass is 9.78. The second-order valence-corrected chi connectivity index (χ2v) is 7.13. The maximum Gasteiger partial charge on any atom is 0.310 e. The zero-order valence-electron chi connectivity index (χ0n) is 12.6. The Labute approximate surface area is 125 Å². The van der Waals surface area contributed by atoms with Gasteiger partial charge in [0.05, 0.1) is 13.5 Å². The fraction of sp³-hybridized carbons (Fsp3) is 0.688. The van der Waals surface area contributed by atoms with Crippen LogP contribution in [0.1, 0.15) is 42.9 Å². The second kappa shape index (κ2) is 7.23. The number of methoxy groups -OCH3 is 1. The minimum absolute atomic E-state index is 0.166. The van der Waals surface area contributed by atoms with Gasteiger partial charge in [0.25, 0.3) is 0 Å². The summed E-state index contributed by atoms with van der Waals surface area (Å²) in [6, 6.07) is 4.78. The molecule has 0 aliphatic heterocycles. The molecule has 0 amide bonds. The van der Waals surface area contributed by atoms with Gasteiger partial charge in [0.1, 0.15) is 0 Å².